The summed E-state index contributed by atoms with van der Waals surface area (Å²) in [7, 11) is 0. The average molecular weight is 527 g/mol. The van der Waals surface area contributed by atoms with E-state index in [9.17, 15) is 14.0 Å². The molecule has 0 saturated heterocycles. The molecular weight excluding hydrogens is 499 g/mol. The van der Waals surface area contributed by atoms with Gasteiger partial charge in [0.2, 0.25) is 5.91 Å². The maximum Gasteiger partial charge on any atom is 0.261 e. The zero-order valence-electron chi connectivity index (χ0n) is 19.2. The molecular formula is C27H28BrFN2O3. The lowest BCUT2D eigenvalue weighted by Crippen LogP contribution is -2.52. The van der Waals surface area contributed by atoms with E-state index in [1.807, 2.05) is 68.4 Å². The second kappa shape index (κ2) is 12.3. The summed E-state index contributed by atoms with van der Waals surface area (Å²) in [4.78, 5) is 28.2. The summed E-state index contributed by atoms with van der Waals surface area (Å²) in [6.45, 7) is 3.56. The van der Waals surface area contributed by atoms with Gasteiger partial charge in [0.1, 0.15) is 6.04 Å². The Hall–Kier alpha value is -3.19. The quantitative estimate of drug-likeness (QED) is 0.398. The number of benzene rings is 3. The first-order valence-electron chi connectivity index (χ1n) is 11.1. The normalized spacial score (nSPS) is 11.7. The van der Waals surface area contributed by atoms with E-state index >= 15 is 0 Å². The zero-order valence-corrected chi connectivity index (χ0v) is 20.8. The summed E-state index contributed by atoms with van der Waals surface area (Å²) in [5.74, 6) is -1.22. The molecule has 7 heteroatoms. The van der Waals surface area contributed by atoms with Crippen LogP contribution in [-0.4, -0.2) is 35.4 Å². The van der Waals surface area contributed by atoms with Gasteiger partial charge in [0.05, 0.1) is 0 Å². The molecule has 0 aliphatic rings. The molecule has 0 aliphatic carbocycles. The predicted octanol–water partition coefficient (Wildman–Crippen LogP) is 5.13. The van der Waals surface area contributed by atoms with Crippen molar-refractivity contribution in [3.05, 3.63) is 100 Å². The van der Waals surface area contributed by atoms with E-state index in [2.05, 4.69) is 21.2 Å². The zero-order chi connectivity index (χ0) is 24.5. The highest BCUT2D eigenvalue weighted by Crippen LogP contribution is 2.19. The summed E-state index contributed by atoms with van der Waals surface area (Å²) >= 11 is 3.42. The van der Waals surface area contributed by atoms with Crippen molar-refractivity contribution in [3.63, 3.8) is 0 Å². The number of nitrogens with one attached hydrogen (secondary N) is 1. The van der Waals surface area contributed by atoms with E-state index in [1.165, 1.54) is 17.0 Å². The van der Waals surface area contributed by atoms with E-state index < -0.39 is 24.4 Å². The van der Waals surface area contributed by atoms with Crippen LogP contribution in [0.3, 0.4) is 0 Å². The highest BCUT2D eigenvalue weighted by Gasteiger charge is 2.31. The van der Waals surface area contributed by atoms with Crippen molar-refractivity contribution in [1.29, 1.82) is 0 Å². The van der Waals surface area contributed by atoms with Gasteiger partial charge in [0.25, 0.3) is 5.91 Å². The van der Waals surface area contributed by atoms with Gasteiger partial charge in [0, 0.05) is 23.5 Å². The fourth-order valence-corrected chi connectivity index (χ4v) is 3.77. The van der Waals surface area contributed by atoms with Gasteiger partial charge in [-0.1, -0.05) is 70.5 Å². The van der Waals surface area contributed by atoms with Crippen LogP contribution >= 0.6 is 15.9 Å². The predicted molar refractivity (Wildman–Crippen MR) is 134 cm³/mol. The maximum atomic E-state index is 14.0. The van der Waals surface area contributed by atoms with Gasteiger partial charge >= 0.3 is 0 Å². The average Bonchev–Trinajstić information content (AvgIpc) is 2.82. The van der Waals surface area contributed by atoms with Crippen LogP contribution in [0.2, 0.25) is 0 Å². The molecule has 0 aromatic heterocycles. The molecule has 0 spiro atoms. The van der Waals surface area contributed by atoms with Crippen LogP contribution in [0.5, 0.6) is 5.75 Å². The molecule has 0 radical (unpaired) electrons. The van der Waals surface area contributed by atoms with Gasteiger partial charge in [-0.05, 0) is 49.2 Å². The van der Waals surface area contributed by atoms with Crippen molar-refractivity contribution in [2.45, 2.75) is 38.9 Å². The highest BCUT2D eigenvalue weighted by molar-refractivity contribution is 9.10. The first-order valence-corrected chi connectivity index (χ1v) is 11.9. The molecule has 1 N–H and O–H groups in total. The smallest absolute Gasteiger partial charge is 0.261 e. The molecule has 3 aromatic carbocycles. The van der Waals surface area contributed by atoms with Crippen molar-refractivity contribution in [3.8, 4) is 5.75 Å². The minimum absolute atomic E-state index is 0.00863. The Morgan fingerprint density at radius 3 is 2.24 bits per heavy atom. The highest BCUT2D eigenvalue weighted by atomic mass is 79.9. The lowest BCUT2D eigenvalue weighted by molar-refractivity contribution is -0.143. The third kappa shape index (κ3) is 7.42. The van der Waals surface area contributed by atoms with Crippen LogP contribution in [-0.2, 0) is 22.6 Å². The monoisotopic (exact) mass is 526 g/mol. The second-order valence-corrected chi connectivity index (χ2v) is 9.15. The van der Waals surface area contributed by atoms with Gasteiger partial charge < -0.3 is 15.0 Å². The standard InChI is InChI=1S/C27H28BrFN2O3/c1-19(2)30-27(33)24(16-20-8-4-3-5-9-20)31(17-21-12-14-22(28)15-13-21)26(32)18-34-25-11-7-6-10-23(25)29/h3-15,19,24H,16-18H2,1-2H3,(H,30,33)/t24-/m0/s1. The van der Waals surface area contributed by atoms with Crippen LogP contribution in [0.25, 0.3) is 0 Å². The van der Waals surface area contributed by atoms with Crippen molar-refractivity contribution in [1.82, 2.24) is 10.2 Å². The Kier molecular flexibility index (Phi) is 9.22. The topological polar surface area (TPSA) is 58.6 Å². The number of ether oxygens (including phenoxy) is 1. The first-order chi connectivity index (χ1) is 16.3. The number of halogens is 2. The molecule has 3 aromatic rings. The first kappa shape index (κ1) is 25.4. The SMILES string of the molecule is CC(C)NC(=O)[C@H](Cc1ccccc1)N(Cc1ccc(Br)cc1)C(=O)COc1ccccc1F. The molecule has 5 nitrogen and oxygen atoms in total. The molecule has 3 rings (SSSR count). The van der Waals surface area contributed by atoms with Gasteiger partial charge in [-0.2, -0.15) is 0 Å². The molecule has 0 unspecified atom stereocenters. The van der Waals surface area contributed by atoms with E-state index in [0.29, 0.717) is 6.42 Å². The van der Waals surface area contributed by atoms with E-state index in [4.69, 9.17) is 4.74 Å². The molecule has 0 fully saturated rings. The van der Waals surface area contributed by atoms with Crippen LogP contribution in [0.15, 0.2) is 83.3 Å². The van der Waals surface area contributed by atoms with Crippen LogP contribution in [0.1, 0.15) is 25.0 Å². The van der Waals surface area contributed by atoms with Gasteiger partial charge in [-0.3, -0.25) is 9.59 Å². The molecule has 0 saturated carbocycles. The number of carbonyl (C=O) groups excluding carboxylic acids is 2. The van der Waals surface area contributed by atoms with Crippen molar-refractivity contribution in [2.75, 3.05) is 6.61 Å². The molecule has 0 bridgehead atoms. The van der Waals surface area contributed by atoms with E-state index in [0.717, 1.165) is 15.6 Å². The summed E-state index contributed by atoms with van der Waals surface area (Å²) in [6, 6.07) is 22.2. The van der Waals surface area contributed by atoms with Gasteiger partial charge in [-0.25, -0.2) is 4.39 Å². The number of para-hydroxylation sites is 1. The van der Waals surface area contributed by atoms with Crippen molar-refractivity contribution in [2.24, 2.45) is 0 Å². The Morgan fingerprint density at radius 1 is 0.941 bits per heavy atom. The lowest BCUT2D eigenvalue weighted by Gasteiger charge is -2.32. The Bertz CT molecular complexity index is 1090. The number of nitrogens with zero attached hydrogens (tertiary/aromatic N) is 1. The Labute approximate surface area is 208 Å². The van der Waals surface area contributed by atoms with Crippen LogP contribution in [0, 0.1) is 5.82 Å². The lowest BCUT2D eigenvalue weighted by atomic mass is 10.0. The summed E-state index contributed by atoms with van der Waals surface area (Å²) < 4.78 is 20.4. The summed E-state index contributed by atoms with van der Waals surface area (Å²) in [5.41, 5.74) is 1.79. The summed E-state index contributed by atoms with van der Waals surface area (Å²) in [5, 5.41) is 2.94. The third-order valence-corrected chi connectivity index (χ3v) is 5.68. The molecule has 34 heavy (non-hydrogen) atoms. The molecule has 1 atom stereocenters. The number of hydrogen-bond acceptors (Lipinski definition) is 3. The molecule has 0 heterocycles. The number of rotatable bonds is 10. The fourth-order valence-electron chi connectivity index (χ4n) is 3.51. The number of amides is 2. The molecule has 178 valence electrons. The second-order valence-electron chi connectivity index (χ2n) is 8.24. The molecule has 0 aliphatic heterocycles. The van der Waals surface area contributed by atoms with Crippen LogP contribution < -0.4 is 10.1 Å². The molecule has 2 amide bonds. The van der Waals surface area contributed by atoms with Gasteiger partial charge in [-0.15, -0.1) is 0 Å². The van der Waals surface area contributed by atoms with Crippen molar-refractivity contribution >= 4 is 27.7 Å². The third-order valence-electron chi connectivity index (χ3n) is 5.16. The Morgan fingerprint density at radius 2 is 1.59 bits per heavy atom. The van der Waals surface area contributed by atoms with Crippen LogP contribution in [0.4, 0.5) is 4.39 Å². The maximum absolute atomic E-state index is 14.0. The largest absolute Gasteiger partial charge is 0.481 e. The number of carbonyl (C=O) groups is 2. The fraction of sp³-hybridized carbons (Fsp3) is 0.259. The summed E-state index contributed by atoms with van der Waals surface area (Å²) in [6.07, 6.45) is 0.335. The van der Waals surface area contributed by atoms with E-state index in [1.54, 1.807) is 12.1 Å². The number of hydrogen-bond donors (Lipinski definition) is 1. The minimum Gasteiger partial charge on any atom is -0.481 e. The van der Waals surface area contributed by atoms with E-state index in [-0.39, 0.29) is 24.2 Å². The van der Waals surface area contributed by atoms with Crippen molar-refractivity contribution < 1.29 is 18.7 Å². The Balaban J connectivity index is 1.91. The minimum atomic E-state index is -0.773. The van der Waals surface area contributed by atoms with Gasteiger partial charge in [0.15, 0.2) is 18.2 Å².